The Hall–Kier alpha value is -2.86. The number of Topliss-reactive ketones (excluding diaryl/α,β-unsaturated/α-hetero) is 2. The SMILES string of the molecule is CC(C)Nc1ncnc2c(CC(=O)c3c(Cl)ccc(CCC(=O)C(C)(C)C)c3F)cccc12. The highest BCUT2D eigenvalue weighted by atomic mass is 35.5. The van der Waals surface area contributed by atoms with Crippen LogP contribution in [0.4, 0.5) is 10.2 Å². The number of rotatable bonds is 8. The Balaban J connectivity index is 1.90. The van der Waals surface area contributed by atoms with Crippen molar-refractivity contribution in [2.75, 3.05) is 5.32 Å². The Morgan fingerprint density at radius 1 is 1.09 bits per heavy atom. The number of anilines is 1. The number of ketones is 2. The summed E-state index contributed by atoms with van der Waals surface area (Å²) >= 11 is 6.24. The molecule has 1 heterocycles. The second-order valence-corrected chi connectivity index (χ2v) is 9.91. The fraction of sp³-hybridized carbons (Fsp3) is 0.385. The van der Waals surface area contributed by atoms with Crippen LogP contribution in [-0.2, 0) is 17.6 Å². The van der Waals surface area contributed by atoms with Gasteiger partial charge in [-0.1, -0.05) is 50.6 Å². The van der Waals surface area contributed by atoms with Crippen LogP contribution in [0.1, 0.15) is 62.5 Å². The van der Waals surface area contributed by atoms with E-state index in [4.69, 9.17) is 11.6 Å². The second kappa shape index (κ2) is 9.96. The van der Waals surface area contributed by atoms with E-state index >= 15 is 4.39 Å². The van der Waals surface area contributed by atoms with Crippen LogP contribution in [0, 0.1) is 11.2 Å². The number of hydrogen-bond donors (Lipinski definition) is 1. The highest BCUT2D eigenvalue weighted by Gasteiger charge is 2.24. The van der Waals surface area contributed by atoms with Crippen molar-refractivity contribution in [3.05, 3.63) is 64.2 Å². The van der Waals surface area contributed by atoms with E-state index in [9.17, 15) is 9.59 Å². The summed E-state index contributed by atoms with van der Waals surface area (Å²) in [6.07, 6.45) is 1.80. The maximum Gasteiger partial charge on any atom is 0.171 e. The third-order valence-electron chi connectivity index (χ3n) is 5.43. The number of nitrogens with zero attached hydrogens (tertiary/aromatic N) is 2. The van der Waals surface area contributed by atoms with Gasteiger partial charge >= 0.3 is 0 Å². The topological polar surface area (TPSA) is 72.0 Å². The molecular formula is C26H29ClFN3O2. The zero-order valence-corrected chi connectivity index (χ0v) is 20.4. The van der Waals surface area contributed by atoms with Crippen LogP contribution in [0.3, 0.4) is 0 Å². The van der Waals surface area contributed by atoms with Gasteiger partial charge in [-0.25, -0.2) is 14.4 Å². The number of para-hydroxylation sites is 1. The predicted octanol–water partition coefficient (Wildman–Crippen LogP) is 6.22. The van der Waals surface area contributed by atoms with Gasteiger partial charge in [0.1, 0.15) is 23.7 Å². The van der Waals surface area contributed by atoms with E-state index < -0.39 is 17.0 Å². The predicted molar refractivity (Wildman–Crippen MR) is 131 cm³/mol. The number of carbonyl (C=O) groups is 2. The molecular weight excluding hydrogens is 441 g/mol. The molecule has 0 radical (unpaired) electrons. The quantitative estimate of drug-likeness (QED) is 0.397. The van der Waals surface area contributed by atoms with Gasteiger partial charge in [0.25, 0.3) is 0 Å². The summed E-state index contributed by atoms with van der Waals surface area (Å²) in [4.78, 5) is 34.1. The van der Waals surface area contributed by atoms with Gasteiger partial charge in [-0.2, -0.15) is 0 Å². The smallest absolute Gasteiger partial charge is 0.171 e. The summed E-state index contributed by atoms with van der Waals surface area (Å²) < 4.78 is 15.3. The Kier molecular flexibility index (Phi) is 7.48. The molecule has 0 fully saturated rings. The molecule has 3 rings (SSSR count). The summed E-state index contributed by atoms with van der Waals surface area (Å²) in [6, 6.07) is 8.74. The highest BCUT2D eigenvalue weighted by Crippen LogP contribution is 2.28. The van der Waals surface area contributed by atoms with E-state index in [0.29, 0.717) is 22.5 Å². The molecule has 5 nitrogen and oxygen atoms in total. The first-order valence-electron chi connectivity index (χ1n) is 11.0. The zero-order valence-electron chi connectivity index (χ0n) is 19.6. The molecule has 0 aliphatic carbocycles. The van der Waals surface area contributed by atoms with E-state index in [0.717, 1.165) is 5.39 Å². The minimum atomic E-state index is -0.661. The summed E-state index contributed by atoms with van der Waals surface area (Å²) in [6.45, 7) is 9.51. The minimum Gasteiger partial charge on any atom is -0.367 e. The van der Waals surface area contributed by atoms with Crippen LogP contribution < -0.4 is 5.32 Å². The number of carbonyl (C=O) groups excluding carboxylic acids is 2. The van der Waals surface area contributed by atoms with Crippen LogP contribution in [0.25, 0.3) is 10.9 Å². The van der Waals surface area contributed by atoms with E-state index in [1.54, 1.807) is 12.1 Å². The summed E-state index contributed by atoms with van der Waals surface area (Å²) in [7, 11) is 0. The van der Waals surface area contributed by atoms with E-state index in [1.165, 1.54) is 12.4 Å². The molecule has 0 saturated carbocycles. The maximum absolute atomic E-state index is 15.3. The fourth-order valence-electron chi connectivity index (χ4n) is 3.61. The van der Waals surface area contributed by atoms with Crippen LogP contribution in [0.15, 0.2) is 36.7 Å². The Morgan fingerprint density at radius 2 is 1.82 bits per heavy atom. The molecule has 3 aromatic rings. The summed E-state index contributed by atoms with van der Waals surface area (Å²) in [5.41, 5.74) is 0.956. The first-order chi connectivity index (χ1) is 15.5. The number of benzene rings is 2. The number of hydrogen-bond acceptors (Lipinski definition) is 5. The molecule has 0 aliphatic heterocycles. The van der Waals surface area contributed by atoms with Crippen LogP contribution in [0.5, 0.6) is 0 Å². The van der Waals surface area contributed by atoms with E-state index in [1.807, 2.05) is 46.8 Å². The summed E-state index contributed by atoms with van der Waals surface area (Å²) in [5, 5.41) is 4.12. The molecule has 0 atom stereocenters. The van der Waals surface area contributed by atoms with Crippen molar-refractivity contribution in [3.8, 4) is 0 Å². The lowest BCUT2D eigenvalue weighted by Gasteiger charge is -2.17. The number of aryl methyl sites for hydroxylation is 1. The number of fused-ring (bicyclic) bond motifs is 1. The monoisotopic (exact) mass is 469 g/mol. The van der Waals surface area contributed by atoms with Gasteiger partial charge < -0.3 is 5.32 Å². The normalized spacial score (nSPS) is 11.8. The van der Waals surface area contributed by atoms with Crippen LogP contribution in [-0.4, -0.2) is 27.6 Å². The van der Waals surface area contributed by atoms with Crippen molar-refractivity contribution < 1.29 is 14.0 Å². The van der Waals surface area contributed by atoms with Crippen LogP contribution >= 0.6 is 11.6 Å². The Bertz CT molecular complexity index is 1200. The van der Waals surface area contributed by atoms with Crippen molar-refractivity contribution in [2.24, 2.45) is 5.41 Å². The standard InChI is InChI=1S/C26H29ClFN3O2/c1-15(2)31-25-18-8-6-7-17(24(18)29-14-30-25)13-20(32)22-19(27)11-9-16(23(22)28)10-12-21(33)26(3,4)5/h6-9,11,14-15H,10,12-13H2,1-5H3,(H,29,30,31). The molecule has 7 heteroatoms. The lowest BCUT2D eigenvalue weighted by molar-refractivity contribution is -0.126. The van der Waals surface area contributed by atoms with Gasteiger partial charge in [-0.15, -0.1) is 0 Å². The largest absolute Gasteiger partial charge is 0.367 e. The molecule has 33 heavy (non-hydrogen) atoms. The third kappa shape index (κ3) is 5.74. The molecule has 2 aromatic carbocycles. The molecule has 1 aromatic heterocycles. The maximum atomic E-state index is 15.3. The lowest BCUT2D eigenvalue weighted by Crippen LogP contribution is -2.20. The van der Waals surface area contributed by atoms with Crippen LogP contribution in [0.2, 0.25) is 5.02 Å². The van der Waals surface area contributed by atoms with E-state index in [2.05, 4.69) is 15.3 Å². The van der Waals surface area contributed by atoms with E-state index in [-0.39, 0.29) is 41.7 Å². The van der Waals surface area contributed by atoms with Gasteiger partial charge in [0.2, 0.25) is 0 Å². The molecule has 174 valence electrons. The molecule has 0 bridgehead atoms. The average molecular weight is 470 g/mol. The van der Waals surface area contributed by atoms with Gasteiger partial charge in [0, 0.05) is 29.7 Å². The number of nitrogens with one attached hydrogen (secondary N) is 1. The minimum absolute atomic E-state index is 0.0333. The van der Waals surface area contributed by atoms with Crippen molar-refractivity contribution >= 4 is 39.9 Å². The molecule has 0 saturated heterocycles. The molecule has 0 amide bonds. The van der Waals surface area contributed by atoms with Gasteiger partial charge in [0.05, 0.1) is 16.1 Å². The third-order valence-corrected chi connectivity index (χ3v) is 5.75. The Labute approximate surface area is 198 Å². The molecule has 0 spiro atoms. The zero-order chi connectivity index (χ0) is 24.3. The fourth-order valence-corrected chi connectivity index (χ4v) is 3.86. The van der Waals surface area contributed by atoms with Crippen molar-refractivity contribution in [1.82, 2.24) is 9.97 Å². The van der Waals surface area contributed by atoms with Crippen molar-refractivity contribution in [1.29, 1.82) is 0 Å². The number of aromatic nitrogens is 2. The van der Waals surface area contributed by atoms with Crippen molar-refractivity contribution in [2.45, 2.75) is 59.9 Å². The highest BCUT2D eigenvalue weighted by molar-refractivity contribution is 6.34. The van der Waals surface area contributed by atoms with Gasteiger partial charge in [-0.3, -0.25) is 9.59 Å². The molecule has 0 aliphatic rings. The molecule has 1 N–H and O–H groups in total. The van der Waals surface area contributed by atoms with Gasteiger partial charge in [0.15, 0.2) is 5.78 Å². The summed E-state index contributed by atoms with van der Waals surface area (Å²) in [5.74, 6) is -0.387. The number of halogens is 2. The second-order valence-electron chi connectivity index (χ2n) is 9.50. The van der Waals surface area contributed by atoms with Crippen molar-refractivity contribution in [3.63, 3.8) is 0 Å². The molecule has 0 unspecified atom stereocenters. The lowest BCUT2D eigenvalue weighted by atomic mass is 9.87. The van der Waals surface area contributed by atoms with Gasteiger partial charge in [-0.05, 0) is 43.5 Å². The first kappa shape index (κ1) is 24.8. The Morgan fingerprint density at radius 3 is 2.48 bits per heavy atom. The first-order valence-corrected chi connectivity index (χ1v) is 11.4. The average Bonchev–Trinajstić information content (AvgIpc) is 2.72.